The van der Waals surface area contributed by atoms with Crippen molar-refractivity contribution in [2.45, 2.75) is 13.5 Å². The van der Waals surface area contributed by atoms with Crippen molar-refractivity contribution in [2.24, 2.45) is 0 Å². The molecule has 24 heavy (non-hydrogen) atoms. The number of furan rings is 1. The second-order valence-corrected chi connectivity index (χ2v) is 5.42. The second kappa shape index (κ2) is 7.31. The fourth-order valence-electron chi connectivity index (χ4n) is 1.89. The molecule has 0 saturated heterocycles. The van der Waals surface area contributed by atoms with Gasteiger partial charge in [0.1, 0.15) is 5.75 Å². The van der Waals surface area contributed by atoms with Crippen LogP contribution in [0.4, 0.5) is 0 Å². The number of nitrogens with zero attached hydrogens (tertiary/aromatic N) is 2. The molecule has 0 spiro atoms. The molecule has 0 aliphatic rings. The molecule has 3 aromatic rings. The summed E-state index contributed by atoms with van der Waals surface area (Å²) in [5.41, 5.74) is 0.465. The first-order chi connectivity index (χ1) is 11.7. The van der Waals surface area contributed by atoms with Crippen LogP contribution in [0.5, 0.6) is 5.75 Å². The Hall–Kier alpha value is -2.61. The molecule has 0 atom stereocenters. The van der Waals surface area contributed by atoms with Gasteiger partial charge in [0.2, 0.25) is 0 Å². The van der Waals surface area contributed by atoms with Crippen molar-refractivity contribution >= 4 is 21.9 Å². The van der Waals surface area contributed by atoms with Gasteiger partial charge in [-0.3, -0.25) is 0 Å². The number of carbonyl (C=O) groups excluding carboxylic acids is 1. The number of rotatable bonds is 6. The zero-order valence-corrected chi connectivity index (χ0v) is 14.3. The molecular weight excluding hydrogens is 380 g/mol. The van der Waals surface area contributed by atoms with Crippen molar-refractivity contribution in [2.75, 3.05) is 6.61 Å². The van der Waals surface area contributed by atoms with E-state index in [-0.39, 0.29) is 18.5 Å². The van der Waals surface area contributed by atoms with Gasteiger partial charge in [-0.05, 0) is 59.3 Å². The summed E-state index contributed by atoms with van der Waals surface area (Å²) in [7, 11) is 0. The summed E-state index contributed by atoms with van der Waals surface area (Å²) in [4.78, 5) is 11.6. The van der Waals surface area contributed by atoms with Crippen molar-refractivity contribution < 1.29 is 23.1 Å². The van der Waals surface area contributed by atoms with Gasteiger partial charge in [-0.2, -0.15) is 0 Å². The molecule has 0 saturated carbocycles. The molecule has 0 amide bonds. The van der Waals surface area contributed by atoms with Gasteiger partial charge < -0.3 is 18.3 Å². The Bertz CT molecular complexity index is 825. The van der Waals surface area contributed by atoms with Gasteiger partial charge in [0.25, 0.3) is 11.8 Å². The average molecular weight is 393 g/mol. The van der Waals surface area contributed by atoms with E-state index in [1.807, 2.05) is 0 Å². The molecule has 0 N–H and O–H groups in total. The number of ether oxygens (including phenoxy) is 2. The highest BCUT2D eigenvalue weighted by molar-refractivity contribution is 9.10. The topological polar surface area (TPSA) is 87.6 Å². The zero-order valence-electron chi connectivity index (χ0n) is 12.7. The van der Waals surface area contributed by atoms with Crippen LogP contribution in [0.15, 0.2) is 49.9 Å². The summed E-state index contributed by atoms with van der Waals surface area (Å²) in [5, 5.41) is 7.79. The van der Waals surface area contributed by atoms with Crippen molar-refractivity contribution in [1.29, 1.82) is 0 Å². The van der Waals surface area contributed by atoms with Crippen molar-refractivity contribution in [1.82, 2.24) is 10.2 Å². The van der Waals surface area contributed by atoms with Crippen LogP contribution in [0.3, 0.4) is 0 Å². The zero-order chi connectivity index (χ0) is 16.9. The predicted molar refractivity (Wildman–Crippen MR) is 86.4 cm³/mol. The van der Waals surface area contributed by atoms with E-state index in [1.54, 1.807) is 43.3 Å². The van der Waals surface area contributed by atoms with Crippen molar-refractivity contribution in [3.8, 4) is 17.4 Å². The molecule has 1 aromatic carbocycles. The van der Waals surface area contributed by atoms with E-state index in [2.05, 4.69) is 26.1 Å². The fraction of sp³-hybridized carbons (Fsp3) is 0.188. The number of esters is 1. The molecule has 7 nitrogen and oxygen atoms in total. The van der Waals surface area contributed by atoms with E-state index < -0.39 is 0 Å². The lowest BCUT2D eigenvalue weighted by Gasteiger charge is -2.05. The normalized spacial score (nSPS) is 10.6. The molecule has 124 valence electrons. The number of hydrogen-bond donors (Lipinski definition) is 0. The Kier molecular flexibility index (Phi) is 4.95. The summed E-state index contributed by atoms with van der Waals surface area (Å²) < 4.78 is 21.8. The minimum atomic E-state index is -0.366. The van der Waals surface area contributed by atoms with E-state index >= 15 is 0 Å². The molecular formula is C16H13BrN2O5. The molecule has 0 fully saturated rings. The SMILES string of the molecule is CCOC(=O)c1ccc(OCc2nnc(-c3ccc(Br)o3)o2)cc1. The van der Waals surface area contributed by atoms with Crippen LogP contribution >= 0.6 is 15.9 Å². The monoisotopic (exact) mass is 392 g/mol. The molecule has 0 unspecified atom stereocenters. The molecule has 2 aromatic heterocycles. The van der Waals surface area contributed by atoms with Crippen LogP contribution in [0.25, 0.3) is 11.7 Å². The third-order valence-electron chi connectivity index (χ3n) is 2.98. The Morgan fingerprint density at radius 3 is 2.58 bits per heavy atom. The van der Waals surface area contributed by atoms with Crippen LogP contribution in [0.2, 0.25) is 0 Å². The summed E-state index contributed by atoms with van der Waals surface area (Å²) >= 11 is 3.21. The number of aromatic nitrogens is 2. The molecule has 0 aliphatic heterocycles. The average Bonchev–Trinajstić information content (AvgIpc) is 3.22. The standard InChI is InChI=1S/C16H13BrN2O5/c1-2-21-16(20)10-3-5-11(6-4-10)22-9-14-18-19-15(24-14)12-7-8-13(17)23-12/h3-8H,2,9H2,1H3. The number of carbonyl (C=O) groups is 1. The summed E-state index contributed by atoms with van der Waals surface area (Å²) in [6.07, 6.45) is 0. The summed E-state index contributed by atoms with van der Waals surface area (Å²) in [6.45, 7) is 2.20. The number of benzene rings is 1. The minimum absolute atomic E-state index is 0.105. The highest BCUT2D eigenvalue weighted by atomic mass is 79.9. The molecule has 3 rings (SSSR count). The maximum atomic E-state index is 11.6. The lowest BCUT2D eigenvalue weighted by Crippen LogP contribution is -2.04. The highest BCUT2D eigenvalue weighted by Crippen LogP contribution is 2.24. The molecule has 0 bridgehead atoms. The first-order valence-corrected chi connectivity index (χ1v) is 7.93. The fourth-order valence-corrected chi connectivity index (χ4v) is 2.19. The third-order valence-corrected chi connectivity index (χ3v) is 3.40. The molecule has 2 heterocycles. The number of hydrogen-bond acceptors (Lipinski definition) is 7. The first kappa shape index (κ1) is 16.3. The van der Waals surface area contributed by atoms with E-state index in [4.69, 9.17) is 18.3 Å². The first-order valence-electron chi connectivity index (χ1n) is 7.14. The maximum Gasteiger partial charge on any atom is 0.338 e. The Morgan fingerprint density at radius 1 is 1.12 bits per heavy atom. The summed E-state index contributed by atoms with van der Waals surface area (Å²) in [5.74, 6) is 1.27. The van der Waals surface area contributed by atoms with Crippen molar-refractivity contribution in [3.05, 3.63) is 52.5 Å². The Balaban J connectivity index is 1.60. The molecule has 8 heteroatoms. The quantitative estimate of drug-likeness (QED) is 0.588. The van der Waals surface area contributed by atoms with Gasteiger partial charge >= 0.3 is 5.97 Å². The smallest absolute Gasteiger partial charge is 0.338 e. The number of halogens is 1. The van der Waals surface area contributed by atoms with Crippen molar-refractivity contribution in [3.63, 3.8) is 0 Å². The second-order valence-electron chi connectivity index (χ2n) is 4.64. The lowest BCUT2D eigenvalue weighted by atomic mass is 10.2. The Morgan fingerprint density at radius 2 is 1.92 bits per heavy atom. The van der Waals surface area contributed by atoms with Gasteiger partial charge in [0.15, 0.2) is 17.0 Å². The van der Waals surface area contributed by atoms with E-state index in [0.29, 0.717) is 34.2 Å². The largest absolute Gasteiger partial charge is 0.484 e. The van der Waals surface area contributed by atoms with E-state index in [0.717, 1.165) is 0 Å². The summed E-state index contributed by atoms with van der Waals surface area (Å²) in [6, 6.07) is 10.1. The lowest BCUT2D eigenvalue weighted by molar-refractivity contribution is 0.0526. The molecule has 0 radical (unpaired) electrons. The maximum absolute atomic E-state index is 11.6. The van der Waals surface area contributed by atoms with Gasteiger partial charge in [0.05, 0.1) is 12.2 Å². The van der Waals surface area contributed by atoms with E-state index in [1.165, 1.54) is 0 Å². The third kappa shape index (κ3) is 3.83. The van der Waals surface area contributed by atoms with Crippen LogP contribution in [-0.4, -0.2) is 22.8 Å². The van der Waals surface area contributed by atoms with Gasteiger partial charge in [0, 0.05) is 0 Å². The molecule has 0 aliphatic carbocycles. The Labute approximate surface area is 145 Å². The van der Waals surface area contributed by atoms with Crippen LogP contribution in [-0.2, 0) is 11.3 Å². The van der Waals surface area contributed by atoms with Crippen LogP contribution in [0.1, 0.15) is 23.2 Å². The van der Waals surface area contributed by atoms with Gasteiger partial charge in [-0.1, -0.05) is 0 Å². The highest BCUT2D eigenvalue weighted by Gasteiger charge is 2.13. The predicted octanol–water partition coefficient (Wildman–Crippen LogP) is 3.85. The minimum Gasteiger partial charge on any atom is -0.484 e. The van der Waals surface area contributed by atoms with E-state index in [9.17, 15) is 4.79 Å². The van der Waals surface area contributed by atoms with Crippen LogP contribution < -0.4 is 4.74 Å². The van der Waals surface area contributed by atoms with Crippen LogP contribution in [0, 0.1) is 0 Å². The van der Waals surface area contributed by atoms with Gasteiger partial charge in [-0.15, -0.1) is 10.2 Å². The van der Waals surface area contributed by atoms with Gasteiger partial charge in [-0.25, -0.2) is 4.79 Å².